The van der Waals surface area contributed by atoms with E-state index in [9.17, 15) is 0 Å². The Morgan fingerprint density at radius 1 is 0.435 bits per heavy atom. The number of fused-ring (bicyclic) bond motifs is 4. The van der Waals surface area contributed by atoms with Crippen LogP contribution in [0.1, 0.15) is 137 Å². The zero-order chi connectivity index (χ0) is 44.6. The second kappa shape index (κ2) is 13.9. The number of anilines is 3. The zero-order valence-corrected chi connectivity index (χ0v) is 40.4. The third-order valence-electron chi connectivity index (χ3n) is 13.8. The molecule has 9 rings (SSSR count). The predicted octanol–water partition coefficient (Wildman–Crippen LogP) is 15.2. The van der Waals surface area contributed by atoms with Crippen LogP contribution in [0.2, 0.25) is 0 Å². The van der Waals surface area contributed by atoms with E-state index in [1.54, 1.807) is 0 Å². The molecule has 0 aliphatic carbocycles. The summed E-state index contributed by atoms with van der Waals surface area (Å²) < 4.78 is 2.78. The number of hydrogen-bond acceptors (Lipinski definition) is 1. The predicted molar refractivity (Wildman–Crippen MR) is 272 cm³/mol. The molecule has 2 aliphatic rings. The highest BCUT2D eigenvalue weighted by molar-refractivity contribution is 6.89. The summed E-state index contributed by atoms with van der Waals surface area (Å²) in [6.07, 6.45) is 0. The molecule has 7 aromatic rings. The quantitative estimate of drug-likeness (QED) is 0.161. The molecule has 0 spiro atoms. The molecule has 0 unspecified atom stereocenters. The van der Waals surface area contributed by atoms with Crippen LogP contribution in [0.5, 0.6) is 0 Å². The Balaban J connectivity index is 1.54. The minimum absolute atomic E-state index is 0.0322. The van der Waals surface area contributed by atoms with Crippen molar-refractivity contribution in [2.24, 2.45) is 0 Å². The van der Waals surface area contributed by atoms with Crippen LogP contribution in [0.4, 0.5) is 17.1 Å². The average Bonchev–Trinajstić information content (AvgIpc) is 3.52. The molecule has 62 heavy (non-hydrogen) atoms. The smallest absolute Gasteiger partial charge is 0.333 e. The van der Waals surface area contributed by atoms with Gasteiger partial charge in [0, 0.05) is 44.8 Å². The van der Waals surface area contributed by atoms with E-state index < -0.39 is 0 Å². The second-order valence-electron chi connectivity index (χ2n) is 23.7. The molecule has 6 aromatic carbocycles. The summed E-state index contributed by atoms with van der Waals surface area (Å²) in [6.45, 7) is 37.7. The van der Waals surface area contributed by atoms with Gasteiger partial charge in [-0.1, -0.05) is 183 Å². The van der Waals surface area contributed by atoms with E-state index in [0.29, 0.717) is 0 Å². The molecule has 0 saturated heterocycles. The van der Waals surface area contributed by atoms with Crippen molar-refractivity contribution in [3.8, 4) is 33.5 Å². The summed E-state index contributed by atoms with van der Waals surface area (Å²) in [6, 6.07) is 45.3. The van der Waals surface area contributed by atoms with Crippen LogP contribution in [-0.4, -0.2) is 11.3 Å². The molecule has 0 bridgehead atoms. The van der Waals surface area contributed by atoms with E-state index in [-0.39, 0.29) is 33.9 Å². The number of aryl methyl sites for hydroxylation is 1. The topological polar surface area (TPSA) is 8.17 Å². The lowest BCUT2D eigenvalue weighted by molar-refractivity contribution is 0.568. The fourth-order valence-electron chi connectivity index (χ4n) is 9.99. The van der Waals surface area contributed by atoms with Gasteiger partial charge in [-0.3, -0.25) is 0 Å². The van der Waals surface area contributed by atoms with Crippen molar-refractivity contribution in [1.29, 1.82) is 0 Å². The highest BCUT2D eigenvalue weighted by Crippen LogP contribution is 2.52. The van der Waals surface area contributed by atoms with Crippen LogP contribution in [0.25, 0.3) is 44.4 Å². The van der Waals surface area contributed by atoms with Crippen molar-refractivity contribution in [2.75, 3.05) is 4.90 Å². The fraction of sp³-hybridized carbons (Fsp3) is 0.356. The Kier molecular flexibility index (Phi) is 9.40. The molecule has 3 heteroatoms. The van der Waals surface area contributed by atoms with Gasteiger partial charge < -0.3 is 9.38 Å². The van der Waals surface area contributed by atoms with Gasteiger partial charge in [-0.2, -0.15) is 0 Å². The summed E-state index contributed by atoms with van der Waals surface area (Å²) >= 11 is 0. The van der Waals surface area contributed by atoms with Crippen molar-refractivity contribution in [3.63, 3.8) is 0 Å². The number of rotatable bonds is 3. The Hall–Kier alpha value is -5.28. The van der Waals surface area contributed by atoms with Crippen LogP contribution in [0, 0.1) is 6.92 Å². The van der Waals surface area contributed by atoms with Gasteiger partial charge in [-0.15, -0.1) is 0 Å². The minimum Gasteiger partial charge on any atom is -0.375 e. The standard InChI is InChI=1S/C59H67BN2/c1-36-22-20-21-25-44(36)51-47-33-41(58(11,12)13)32-46-45-31-42(59(14,15)16)35-50-52(45)60(62(54(46)47)53(51)37-23-18-17-19-24-37)48-34-38(55(2,3)4)26-27-49(48)61(50)43-29-39(56(5,6)7)28-40(30-43)57(8,9)10/h17-35H,1-16H3. The maximum Gasteiger partial charge on any atom is 0.333 e. The Morgan fingerprint density at radius 2 is 0.968 bits per heavy atom. The first-order chi connectivity index (χ1) is 28.8. The zero-order valence-electron chi connectivity index (χ0n) is 40.4. The molecule has 0 amide bonds. The summed E-state index contributed by atoms with van der Waals surface area (Å²) in [5, 5.41) is 1.33. The lowest BCUT2D eigenvalue weighted by Crippen LogP contribution is -2.57. The molecule has 0 atom stereocenters. The molecule has 316 valence electrons. The van der Waals surface area contributed by atoms with Crippen molar-refractivity contribution in [1.82, 2.24) is 4.48 Å². The molecule has 0 N–H and O–H groups in total. The van der Waals surface area contributed by atoms with Gasteiger partial charge >= 0.3 is 6.85 Å². The molecule has 0 radical (unpaired) electrons. The second-order valence-corrected chi connectivity index (χ2v) is 23.7. The van der Waals surface area contributed by atoms with E-state index in [1.807, 2.05) is 0 Å². The normalized spacial score (nSPS) is 14.1. The lowest BCUT2D eigenvalue weighted by Gasteiger charge is -2.43. The summed E-state index contributed by atoms with van der Waals surface area (Å²) in [7, 11) is 0. The van der Waals surface area contributed by atoms with Crippen molar-refractivity contribution < 1.29 is 0 Å². The van der Waals surface area contributed by atoms with Crippen LogP contribution in [0.3, 0.4) is 0 Å². The monoisotopic (exact) mass is 815 g/mol. The fourth-order valence-corrected chi connectivity index (χ4v) is 9.99. The first-order valence-electron chi connectivity index (χ1n) is 23.0. The summed E-state index contributed by atoms with van der Waals surface area (Å²) in [5.41, 5.74) is 23.5. The van der Waals surface area contributed by atoms with Crippen LogP contribution >= 0.6 is 0 Å². The van der Waals surface area contributed by atoms with E-state index in [2.05, 4.69) is 235 Å². The summed E-state index contributed by atoms with van der Waals surface area (Å²) in [4.78, 5) is 2.65. The van der Waals surface area contributed by atoms with Gasteiger partial charge in [0.05, 0.1) is 0 Å². The van der Waals surface area contributed by atoms with E-state index in [0.717, 1.165) is 0 Å². The Morgan fingerprint density at radius 3 is 1.55 bits per heavy atom. The molecular weight excluding hydrogens is 747 g/mol. The van der Waals surface area contributed by atoms with E-state index >= 15 is 0 Å². The van der Waals surface area contributed by atoms with Crippen molar-refractivity contribution in [2.45, 2.75) is 138 Å². The van der Waals surface area contributed by atoms with Crippen molar-refractivity contribution in [3.05, 3.63) is 149 Å². The molecule has 1 aromatic heterocycles. The third kappa shape index (κ3) is 6.77. The number of nitrogens with zero attached hydrogens (tertiary/aromatic N) is 2. The van der Waals surface area contributed by atoms with Crippen LogP contribution in [-0.2, 0) is 27.1 Å². The van der Waals surface area contributed by atoms with Crippen molar-refractivity contribution >= 4 is 45.7 Å². The van der Waals surface area contributed by atoms with Gasteiger partial charge in [0.1, 0.15) is 0 Å². The largest absolute Gasteiger partial charge is 0.375 e. The maximum atomic E-state index is 2.78. The van der Waals surface area contributed by atoms with Crippen LogP contribution < -0.4 is 15.8 Å². The van der Waals surface area contributed by atoms with Gasteiger partial charge in [0.15, 0.2) is 0 Å². The van der Waals surface area contributed by atoms with Gasteiger partial charge in [0.2, 0.25) is 0 Å². The average molecular weight is 815 g/mol. The highest BCUT2D eigenvalue weighted by Gasteiger charge is 2.46. The SMILES string of the molecule is Cc1ccccc1-c1c(-c2ccccc2)n2c3c(cc(C(C)(C)C)cc13)-c1cc(C(C)(C)C)cc3c1B2c1cc(C(C)(C)C)ccc1N3c1cc(C(C)(C)C)cc(C(C)(C)C)c1. The third-order valence-corrected chi connectivity index (χ3v) is 13.8. The molecule has 2 aliphatic heterocycles. The summed E-state index contributed by atoms with van der Waals surface area (Å²) in [5.74, 6) is 0. The Labute approximate surface area is 373 Å². The highest BCUT2D eigenvalue weighted by atomic mass is 15.2. The molecule has 0 fully saturated rings. The lowest BCUT2D eigenvalue weighted by atomic mass is 9.44. The van der Waals surface area contributed by atoms with Gasteiger partial charge in [0.25, 0.3) is 0 Å². The number of aromatic nitrogens is 1. The van der Waals surface area contributed by atoms with E-state index in [4.69, 9.17) is 0 Å². The molecule has 2 nitrogen and oxygen atoms in total. The number of benzene rings is 6. The Bertz CT molecular complexity index is 2890. The van der Waals surface area contributed by atoms with Crippen LogP contribution in [0.15, 0.2) is 115 Å². The molecule has 3 heterocycles. The number of hydrogen-bond donors (Lipinski definition) is 0. The van der Waals surface area contributed by atoms with E-state index in [1.165, 1.54) is 106 Å². The first kappa shape index (κ1) is 42.0. The van der Waals surface area contributed by atoms with Gasteiger partial charge in [-0.05, 0) is 131 Å². The first-order valence-corrected chi connectivity index (χ1v) is 23.0. The molecule has 0 saturated carbocycles. The van der Waals surface area contributed by atoms with Gasteiger partial charge in [-0.25, -0.2) is 0 Å². The maximum absolute atomic E-state index is 2.78. The molecular formula is C59H67BN2. The minimum atomic E-state index is -0.0887.